The van der Waals surface area contributed by atoms with Crippen molar-refractivity contribution in [1.29, 1.82) is 0 Å². The molecule has 0 aromatic carbocycles. The average Bonchev–Trinajstić information content (AvgIpc) is 1.90. The maximum absolute atomic E-state index is 3.67. The molecule has 1 aromatic rings. The van der Waals surface area contributed by atoms with Crippen LogP contribution < -0.4 is 0 Å². The van der Waals surface area contributed by atoms with Crippen molar-refractivity contribution >= 4 is 0 Å². The summed E-state index contributed by atoms with van der Waals surface area (Å²) in [7, 11) is 0. The zero-order chi connectivity index (χ0) is 5.82. The van der Waals surface area contributed by atoms with Crippen molar-refractivity contribution in [2.24, 2.45) is 0 Å². The fraction of sp³-hybridized carbons (Fsp3) is 0.333. The SMILES string of the molecule is CCc1[c]cnnc1. The van der Waals surface area contributed by atoms with E-state index in [1.165, 1.54) is 0 Å². The molecule has 0 bridgehead atoms. The van der Waals surface area contributed by atoms with Gasteiger partial charge in [-0.3, -0.25) is 0 Å². The molecule has 0 aliphatic carbocycles. The Morgan fingerprint density at radius 3 is 2.88 bits per heavy atom. The number of hydrogen-bond donors (Lipinski definition) is 0. The van der Waals surface area contributed by atoms with Crippen LogP contribution in [0.15, 0.2) is 12.4 Å². The lowest BCUT2D eigenvalue weighted by Gasteiger charge is -1.86. The van der Waals surface area contributed by atoms with Crippen LogP contribution in [0.4, 0.5) is 0 Å². The van der Waals surface area contributed by atoms with Gasteiger partial charge in [-0.2, -0.15) is 10.2 Å². The predicted molar refractivity (Wildman–Crippen MR) is 30.2 cm³/mol. The van der Waals surface area contributed by atoms with E-state index in [1.54, 1.807) is 12.4 Å². The summed E-state index contributed by atoms with van der Waals surface area (Å²) in [6.07, 6.45) is 4.29. The minimum atomic E-state index is 0.982. The van der Waals surface area contributed by atoms with Gasteiger partial charge < -0.3 is 0 Å². The van der Waals surface area contributed by atoms with Crippen molar-refractivity contribution in [3.05, 3.63) is 24.0 Å². The second-order valence-corrected chi connectivity index (χ2v) is 1.51. The molecule has 0 N–H and O–H groups in total. The summed E-state index contributed by atoms with van der Waals surface area (Å²) in [5.41, 5.74) is 1.11. The maximum Gasteiger partial charge on any atom is 0.0578 e. The summed E-state index contributed by atoms with van der Waals surface area (Å²) in [4.78, 5) is 0. The van der Waals surface area contributed by atoms with Crippen LogP contribution in [0.1, 0.15) is 12.5 Å². The summed E-state index contributed by atoms with van der Waals surface area (Å²) in [6.45, 7) is 2.06. The molecule has 0 atom stereocenters. The summed E-state index contributed by atoms with van der Waals surface area (Å²) < 4.78 is 0. The van der Waals surface area contributed by atoms with E-state index in [2.05, 4.69) is 23.2 Å². The third-order valence-electron chi connectivity index (χ3n) is 0.969. The highest BCUT2D eigenvalue weighted by molar-refractivity contribution is 5.01. The standard InChI is InChI=1S/C6H7N2/c1-2-6-3-4-7-8-5-6/h4-5H,2H2,1H3. The van der Waals surface area contributed by atoms with E-state index in [4.69, 9.17) is 0 Å². The Balaban J connectivity index is 2.83. The van der Waals surface area contributed by atoms with Crippen LogP contribution in [-0.2, 0) is 6.42 Å². The smallest absolute Gasteiger partial charge is 0.0578 e. The normalized spacial score (nSPS) is 9.12. The van der Waals surface area contributed by atoms with Gasteiger partial charge in [-0.15, -0.1) is 0 Å². The molecular formula is C6H7N2. The lowest BCUT2D eigenvalue weighted by Crippen LogP contribution is -1.83. The highest BCUT2D eigenvalue weighted by atomic mass is 15.1. The van der Waals surface area contributed by atoms with Gasteiger partial charge >= 0.3 is 0 Å². The first-order chi connectivity index (χ1) is 3.93. The van der Waals surface area contributed by atoms with Crippen molar-refractivity contribution < 1.29 is 0 Å². The van der Waals surface area contributed by atoms with E-state index in [0.717, 1.165) is 12.0 Å². The van der Waals surface area contributed by atoms with Gasteiger partial charge in [-0.1, -0.05) is 6.92 Å². The van der Waals surface area contributed by atoms with Crippen LogP contribution in [0, 0.1) is 6.07 Å². The number of aryl methyl sites for hydroxylation is 1. The fourth-order valence-electron chi connectivity index (χ4n) is 0.479. The third-order valence-corrected chi connectivity index (χ3v) is 0.969. The Morgan fingerprint density at radius 2 is 2.50 bits per heavy atom. The molecule has 0 unspecified atom stereocenters. The first-order valence-electron chi connectivity index (χ1n) is 2.60. The van der Waals surface area contributed by atoms with Gasteiger partial charge in [0.1, 0.15) is 0 Å². The van der Waals surface area contributed by atoms with Gasteiger partial charge in [0, 0.05) is 6.07 Å². The summed E-state index contributed by atoms with van der Waals surface area (Å²) in [6, 6.07) is 2.94. The van der Waals surface area contributed by atoms with Gasteiger partial charge in [0.2, 0.25) is 0 Å². The van der Waals surface area contributed by atoms with Crippen molar-refractivity contribution in [2.75, 3.05) is 0 Å². The van der Waals surface area contributed by atoms with Gasteiger partial charge in [0.05, 0.1) is 12.4 Å². The zero-order valence-corrected chi connectivity index (χ0v) is 4.76. The Labute approximate surface area is 48.6 Å². The molecule has 1 rings (SSSR count). The second-order valence-electron chi connectivity index (χ2n) is 1.51. The fourth-order valence-corrected chi connectivity index (χ4v) is 0.479. The largest absolute Gasteiger partial charge is 0.159 e. The third kappa shape index (κ3) is 1.03. The number of hydrogen-bond acceptors (Lipinski definition) is 2. The Bertz CT molecular complexity index is 148. The molecule has 1 aromatic heterocycles. The highest BCUT2D eigenvalue weighted by Crippen LogP contribution is 1.90. The highest BCUT2D eigenvalue weighted by Gasteiger charge is 1.83. The van der Waals surface area contributed by atoms with Crippen LogP contribution in [0.5, 0.6) is 0 Å². The number of aromatic nitrogens is 2. The van der Waals surface area contributed by atoms with Gasteiger partial charge in [-0.05, 0) is 12.0 Å². The number of rotatable bonds is 1. The Hall–Kier alpha value is -0.920. The molecule has 41 valence electrons. The van der Waals surface area contributed by atoms with Crippen LogP contribution in [-0.4, -0.2) is 10.2 Å². The van der Waals surface area contributed by atoms with E-state index in [1.807, 2.05) is 0 Å². The molecule has 1 heterocycles. The monoisotopic (exact) mass is 107 g/mol. The van der Waals surface area contributed by atoms with E-state index in [0.29, 0.717) is 0 Å². The van der Waals surface area contributed by atoms with Crippen LogP contribution in [0.3, 0.4) is 0 Å². The number of nitrogens with zero attached hydrogens (tertiary/aromatic N) is 2. The van der Waals surface area contributed by atoms with E-state index in [9.17, 15) is 0 Å². The summed E-state index contributed by atoms with van der Waals surface area (Å²) >= 11 is 0. The molecule has 2 nitrogen and oxygen atoms in total. The van der Waals surface area contributed by atoms with E-state index in [-0.39, 0.29) is 0 Å². The lowest BCUT2D eigenvalue weighted by molar-refractivity contribution is 0.979. The van der Waals surface area contributed by atoms with E-state index >= 15 is 0 Å². The maximum atomic E-state index is 3.67. The molecule has 0 aliphatic heterocycles. The average molecular weight is 107 g/mol. The molecular weight excluding hydrogens is 100 g/mol. The predicted octanol–water partition coefficient (Wildman–Crippen LogP) is 0.839. The van der Waals surface area contributed by atoms with Gasteiger partial charge in [-0.25, -0.2) is 0 Å². The van der Waals surface area contributed by atoms with E-state index < -0.39 is 0 Å². The zero-order valence-electron chi connectivity index (χ0n) is 4.76. The van der Waals surface area contributed by atoms with Crippen molar-refractivity contribution in [3.8, 4) is 0 Å². The van der Waals surface area contributed by atoms with Gasteiger partial charge in [0.15, 0.2) is 0 Å². The molecule has 0 saturated carbocycles. The summed E-state index contributed by atoms with van der Waals surface area (Å²) in [5, 5.41) is 7.26. The molecule has 0 amide bonds. The minimum Gasteiger partial charge on any atom is -0.159 e. The second kappa shape index (κ2) is 2.40. The minimum absolute atomic E-state index is 0.982. The molecule has 0 fully saturated rings. The Morgan fingerprint density at radius 1 is 1.62 bits per heavy atom. The van der Waals surface area contributed by atoms with Crippen LogP contribution >= 0.6 is 0 Å². The van der Waals surface area contributed by atoms with Gasteiger partial charge in [0.25, 0.3) is 0 Å². The molecule has 1 radical (unpaired) electrons. The Kier molecular flexibility index (Phi) is 1.57. The van der Waals surface area contributed by atoms with Crippen molar-refractivity contribution in [2.45, 2.75) is 13.3 Å². The lowest BCUT2D eigenvalue weighted by atomic mass is 10.2. The molecule has 8 heavy (non-hydrogen) atoms. The van der Waals surface area contributed by atoms with Crippen LogP contribution in [0.25, 0.3) is 0 Å². The molecule has 0 saturated heterocycles. The topological polar surface area (TPSA) is 25.8 Å². The van der Waals surface area contributed by atoms with Crippen molar-refractivity contribution in [3.63, 3.8) is 0 Å². The first-order valence-corrected chi connectivity index (χ1v) is 2.60. The molecule has 0 spiro atoms. The molecule has 0 aliphatic rings. The quantitative estimate of drug-likeness (QED) is 0.531. The van der Waals surface area contributed by atoms with Crippen molar-refractivity contribution in [1.82, 2.24) is 10.2 Å². The first kappa shape index (κ1) is 5.22. The molecule has 2 heteroatoms. The van der Waals surface area contributed by atoms with Crippen LogP contribution in [0.2, 0.25) is 0 Å². The summed E-state index contributed by atoms with van der Waals surface area (Å²) in [5.74, 6) is 0.